The van der Waals surface area contributed by atoms with Gasteiger partial charge in [0, 0.05) is 58.5 Å². The average Bonchev–Trinajstić information content (AvgIpc) is 3.25. The molecule has 3 aliphatic heterocycles. The van der Waals surface area contributed by atoms with Crippen LogP contribution in [-0.4, -0.2) is 66.8 Å². The van der Waals surface area contributed by atoms with Crippen molar-refractivity contribution in [2.45, 2.75) is 56.7 Å². The van der Waals surface area contributed by atoms with Crippen LogP contribution < -0.4 is 0 Å². The molecule has 0 radical (unpaired) electrons. The second-order valence-electron chi connectivity index (χ2n) is 7.06. The Morgan fingerprint density at radius 2 is 2.08 bits per heavy atom. The predicted octanol–water partition coefficient (Wildman–Crippen LogP) is 2.06. The molecule has 1 amide bonds. The molecule has 0 aromatic rings. The molecule has 6 nitrogen and oxygen atoms in total. The molecule has 0 aromatic heterocycles. The molecule has 132 valence electrons. The molecule has 3 rings (SSSR count). The highest BCUT2D eigenvalue weighted by Gasteiger charge is 2.39. The number of carbonyl (C=O) groups excluding carboxylic acids is 1. The Labute approximate surface area is 144 Å². The third kappa shape index (κ3) is 4.78. The maximum absolute atomic E-state index is 12.5. The molecule has 0 aliphatic carbocycles. The van der Waals surface area contributed by atoms with Gasteiger partial charge < -0.3 is 9.64 Å². The topological polar surface area (TPSA) is 57.5 Å². The zero-order valence-corrected chi connectivity index (χ0v) is 14.5. The van der Waals surface area contributed by atoms with Gasteiger partial charge in [0.2, 0.25) is 5.91 Å². The smallest absolute Gasteiger partial charge is 0.222 e. The standard InChI is InChI=1S/C18H28N4O2/c1-2-3-8-18(19-20-18)9-7-17(23)22-11-5-10-21(12-13-22)15-16-6-4-14-24-16/h1,16H,3-15H2. The van der Waals surface area contributed by atoms with Crippen LogP contribution in [0, 0.1) is 12.3 Å². The van der Waals surface area contributed by atoms with Gasteiger partial charge in [-0.1, -0.05) is 0 Å². The fourth-order valence-electron chi connectivity index (χ4n) is 3.61. The van der Waals surface area contributed by atoms with E-state index in [1.54, 1.807) is 0 Å². The maximum atomic E-state index is 12.5. The summed E-state index contributed by atoms with van der Waals surface area (Å²) in [6.07, 6.45) is 11.7. The van der Waals surface area contributed by atoms with Crippen molar-refractivity contribution >= 4 is 5.91 Å². The molecule has 0 spiro atoms. The normalized spacial score (nSPS) is 26.1. The van der Waals surface area contributed by atoms with Gasteiger partial charge in [-0.3, -0.25) is 9.69 Å². The van der Waals surface area contributed by atoms with Gasteiger partial charge in [0.1, 0.15) is 0 Å². The lowest BCUT2D eigenvalue weighted by Gasteiger charge is -2.24. The molecule has 0 N–H and O–H groups in total. The fourth-order valence-corrected chi connectivity index (χ4v) is 3.61. The summed E-state index contributed by atoms with van der Waals surface area (Å²) in [4.78, 5) is 17.0. The molecule has 0 aromatic carbocycles. The fraction of sp³-hybridized carbons (Fsp3) is 0.833. The first-order chi connectivity index (χ1) is 11.7. The minimum absolute atomic E-state index is 0.228. The van der Waals surface area contributed by atoms with Crippen molar-refractivity contribution in [2.75, 3.05) is 39.3 Å². The number of carbonyl (C=O) groups is 1. The lowest BCUT2D eigenvalue weighted by atomic mass is 10.0. The van der Waals surface area contributed by atoms with Crippen LogP contribution in [-0.2, 0) is 9.53 Å². The second kappa shape index (κ2) is 8.09. The first-order valence-electron chi connectivity index (χ1n) is 9.20. The van der Waals surface area contributed by atoms with Crippen molar-refractivity contribution in [3.8, 4) is 12.3 Å². The minimum atomic E-state index is -0.347. The van der Waals surface area contributed by atoms with Gasteiger partial charge in [-0.25, -0.2) is 0 Å². The molecular weight excluding hydrogens is 304 g/mol. The maximum Gasteiger partial charge on any atom is 0.222 e. The monoisotopic (exact) mass is 332 g/mol. The lowest BCUT2D eigenvalue weighted by Crippen LogP contribution is -2.37. The summed E-state index contributed by atoms with van der Waals surface area (Å²) in [6.45, 7) is 5.59. The number of ether oxygens (including phenoxy) is 1. The van der Waals surface area contributed by atoms with Crippen molar-refractivity contribution in [2.24, 2.45) is 10.2 Å². The number of terminal acetylenes is 1. The Bertz CT molecular complexity index is 502. The Morgan fingerprint density at radius 3 is 2.79 bits per heavy atom. The molecule has 1 unspecified atom stereocenters. The third-order valence-corrected chi connectivity index (χ3v) is 5.22. The van der Waals surface area contributed by atoms with Gasteiger partial charge in [0.25, 0.3) is 0 Å². The van der Waals surface area contributed by atoms with E-state index in [1.807, 2.05) is 4.90 Å². The van der Waals surface area contributed by atoms with E-state index >= 15 is 0 Å². The van der Waals surface area contributed by atoms with Gasteiger partial charge in [-0.05, 0) is 25.8 Å². The molecule has 1 atom stereocenters. The zero-order valence-electron chi connectivity index (χ0n) is 14.5. The van der Waals surface area contributed by atoms with E-state index in [9.17, 15) is 4.79 Å². The van der Waals surface area contributed by atoms with Gasteiger partial charge in [-0.2, -0.15) is 10.2 Å². The van der Waals surface area contributed by atoms with E-state index in [0.717, 1.165) is 52.2 Å². The summed E-state index contributed by atoms with van der Waals surface area (Å²) in [5.41, 5.74) is -0.347. The highest BCUT2D eigenvalue weighted by molar-refractivity contribution is 5.76. The Balaban J connectivity index is 1.39. The molecular formula is C18H28N4O2. The molecule has 2 saturated heterocycles. The lowest BCUT2D eigenvalue weighted by molar-refractivity contribution is -0.131. The van der Waals surface area contributed by atoms with Crippen LogP contribution in [0.3, 0.4) is 0 Å². The average molecular weight is 332 g/mol. The summed E-state index contributed by atoms with van der Waals surface area (Å²) in [7, 11) is 0. The third-order valence-electron chi connectivity index (χ3n) is 5.22. The predicted molar refractivity (Wildman–Crippen MR) is 91.5 cm³/mol. The van der Waals surface area contributed by atoms with Crippen molar-refractivity contribution in [3.05, 3.63) is 0 Å². The Morgan fingerprint density at radius 1 is 1.21 bits per heavy atom. The van der Waals surface area contributed by atoms with E-state index in [4.69, 9.17) is 11.2 Å². The van der Waals surface area contributed by atoms with Crippen LogP contribution >= 0.6 is 0 Å². The highest BCUT2D eigenvalue weighted by atomic mass is 16.5. The van der Waals surface area contributed by atoms with E-state index in [1.165, 1.54) is 12.8 Å². The van der Waals surface area contributed by atoms with Crippen LogP contribution in [0.4, 0.5) is 0 Å². The van der Waals surface area contributed by atoms with E-state index in [-0.39, 0.29) is 11.6 Å². The molecule has 3 heterocycles. The van der Waals surface area contributed by atoms with Crippen molar-refractivity contribution in [1.29, 1.82) is 0 Å². The van der Waals surface area contributed by atoms with Crippen LogP contribution in [0.1, 0.15) is 44.9 Å². The number of rotatable bonds is 7. The summed E-state index contributed by atoms with van der Waals surface area (Å²) < 4.78 is 5.73. The van der Waals surface area contributed by atoms with Gasteiger partial charge in [0.05, 0.1) is 6.10 Å². The van der Waals surface area contributed by atoms with Gasteiger partial charge in [-0.15, -0.1) is 12.3 Å². The number of nitrogens with zero attached hydrogens (tertiary/aromatic N) is 4. The second-order valence-corrected chi connectivity index (χ2v) is 7.06. The summed E-state index contributed by atoms with van der Waals surface area (Å²) >= 11 is 0. The number of amides is 1. The van der Waals surface area contributed by atoms with Crippen molar-refractivity contribution < 1.29 is 9.53 Å². The number of hydrogen-bond donors (Lipinski definition) is 0. The largest absolute Gasteiger partial charge is 0.377 e. The van der Waals surface area contributed by atoms with Crippen molar-refractivity contribution in [3.63, 3.8) is 0 Å². The van der Waals surface area contributed by atoms with Crippen LogP contribution in [0.5, 0.6) is 0 Å². The van der Waals surface area contributed by atoms with Crippen LogP contribution in [0.25, 0.3) is 0 Å². The molecule has 0 bridgehead atoms. The quantitative estimate of drug-likeness (QED) is 0.671. The van der Waals surface area contributed by atoms with Crippen LogP contribution in [0.2, 0.25) is 0 Å². The first-order valence-corrected chi connectivity index (χ1v) is 9.20. The first kappa shape index (κ1) is 17.4. The molecule has 3 aliphatic rings. The van der Waals surface area contributed by atoms with E-state index in [2.05, 4.69) is 21.0 Å². The summed E-state index contributed by atoms with van der Waals surface area (Å²) in [5.74, 6) is 2.85. The minimum Gasteiger partial charge on any atom is -0.377 e. The molecule has 0 saturated carbocycles. The van der Waals surface area contributed by atoms with E-state index < -0.39 is 0 Å². The highest BCUT2D eigenvalue weighted by Crippen LogP contribution is 2.37. The van der Waals surface area contributed by atoms with Crippen LogP contribution in [0.15, 0.2) is 10.2 Å². The molecule has 2 fully saturated rings. The summed E-state index contributed by atoms with van der Waals surface area (Å²) in [6, 6.07) is 0. The molecule has 24 heavy (non-hydrogen) atoms. The van der Waals surface area contributed by atoms with Gasteiger partial charge >= 0.3 is 0 Å². The zero-order chi connectivity index (χ0) is 16.8. The SMILES string of the molecule is C#CCCC1(CCC(=O)N2CCCN(CC3CCCO3)CC2)N=N1. The van der Waals surface area contributed by atoms with Crippen molar-refractivity contribution in [1.82, 2.24) is 9.80 Å². The number of hydrogen-bond acceptors (Lipinski definition) is 5. The van der Waals surface area contributed by atoms with Gasteiger partial charge in [0.15, 0.2) is 5.66 Å². The Kier molecular flexibility index (Phi) is 5.85. The van der Waals surface area contributed by atoms with E-state index in [0.29, 0.717) is 25.4 Å². The molecule has 6 heteroatoms. The summed E-state index contributed by atoms with van der Waals surface area (Å²) in [5, 5.41) is 8.23. The Hall–Kier alpha value is -1.45.